The van der Waals surface area contributed by atoms with Crippen LogP contribution in [0.3, 0.4) is 0 Å². The van der Waals surface area contributed by atoms with Gasteiger partial charge in [0.1, 0.15) is 0 Å². The first kappa shape index (κ1) is 24.8. The molecule has 2 aromatic rings. The van der Waals surface area contributed by atoms with Crippen molar-refractivity contribution >= 4 is 23.0 Å². The van der Waals surface area contributed by atoms with Crippen LogP contribution < -0.4 is 9.47 Å². The summed E-state index contributed by atoms with van der Waals surface area (Å²) in [6, 6.07) is 8.16. The zero-order valence-electron chi connectivity index (χ0n) is 19.3. The van der Waals surface area contributed by atoms with E-state index in [0.29, 0.717) is 54.7 Å². The number of carbonyl (C=O) groups excluding carboxylic acids is 2. The molecule has 1 unspecified atom stereocenters. The van der Waals surface area contributed by atoms with Crippen LogP contribution in [-0.2, 0) is 9.53 Å². The lowest BCUT2D eigenvalue weighted by Gasteiger charge is -2.27. The van der Waals surface area contributed by atoms with Gasteiger partial charge in [-0.1, -0.05) is 25.5 Å². The molecule has 0 bridgehead atoms. The summed E-state index contributed by atoms with van der Waals surface area (Å²) in [5.74, 6) is -0.251. The number of benzene rings is 1. The first-order valence-corrected chi connectivity index (χ1v) is 12.1. The number of ketones is 1. The minimum absolute atomic E-state index is 0.0852. The van der Waals surface area contributed by atoms with Crippen LogP contribution in [0.25, 0.3) is 0 Å². The highest BCUT2D eigenvalue weighted by Crippen LogP contribution is 2.42. The molecule has 1 aromatic carbocycles. The number of hydrogen-bond acceptors (Lipinski definition) is 7. The molecule has 1 N–H and O–H groups in total. The van der Waals surface area contributed by atoms with E-state index in [1.807, 2.05) is 13.0 Å². The highest BCUT2D eigenvalue weighted by molar-refractivity contribution is 7.12. The lowest BCUT2D eigenvalue weighted by Crippen LogP contribution is -2.32. The number of Topliss-reactive ketones (excluding diaryl/α,β-unsaturated/α-hetero) is 1. The van der Waals surface area contributed by atoms with Crippen LogP contribution in [-0.4, -0.2) is 55.2 Å². The SMILES string of the molecule is CCCCOc1ccc(C2C(C(=O)c3cccs3)=C(O)C(=O)N2CCCOC)cc1OCC. The molecule has 1 amide bonds. The number of nitrogens with zero attached hydrogens (tertiary/aromatic N) is 1. The summed E-state index contributed by atoms with van der Waals surface area (Å²) < 4.78 is 16.8. The van der Waals surface area contributed by atoms with Crippen LogP contribution in [0.1, 0.15) is 54.4 Å². The smallest absolute Gasteiger partial charge is 0.290 e. The van der Waals surface area contributed by atoms with Crippen LogP contribution >= 0.6 is 11.3 Å². The van der Waals surface area contributed by atoms with E-state index in [0.717, 1.165) is 12.8 Å². The highest BCUT2D eigenvalue weighted by Gasteiger charge is 2.44. The van der Waals surface area contributed by atoms with Gasteiger partial charge in [-0.25, -0.2) is 0 Å². The molecular formula is C25H31NO6S. The lowest BCUT2D eigenvalue weighted by molar-refractivity contribution is -0.129. The summed E-state index contributed by atoms with van der Waals surface area (Å²) >= 11 is 1.28. The number of amides is 1. The van der Waals surface area contributed by atoms with Gasteiger partial charge in [0.25, 0.3) is 5.91 Å². The fraction of sp³-hybridized carbons (Fsp3) is 0.440. The molecule has 1 aliphatic heterocycles. The Morgan fingerprint density at radius 2 is 1.94 bits per heavy atom. The molecule has 0 spiro atoms. The van der Waals surface area contributed by atoms with Gasteiger partial charge >= 0.3 is 0 Å². The summed E-state index contributed by atoms with van der Waals surface area (Å²) in [6.45, 7) is 5.79. The number of carbonyl (C=O) groups is 2. The third-order valence-corrected chi connectivity index (χ3v) is 6.25. The Morgan fingerprint density at radius 1 is 1.12 bits per heavy atom. The standard InChI is InChI=1S/C25H31NO6S/c1-4-6-14-32-18-11-10-17(16-19(18)31-5-2)22-21(23(27)20-9-7-15-33-20)24(28)25(29)26(22)12-8-13-30-3/h7,9-11,15-16,22,28H,4-6,8,12-14H2,1-3H3. The number of rotatable bonds is 13. The Labute approximate surface area is 198 Å². The molecule has 8 heteroatoms. The van der Waals surface area contributed by atoms with Crippen molar-refractivity contribution in [2.75, 3.05) is 33.5 Å². The van der Waals surface area contributed by atoms with Gasteiger partial charge in [0, 0.05) is 20.3 Å². The van der Waals surface area contributed by atoms with Crippen molar-refractivity contribution in [1.29, 1.82) is 0 Å². The molecule has 1 aliphatic rings. The van der Waals surface area contributed by atoms with Gasteiger partial charge in [-0.05, 0) is 48.9 Å². The predicted molar refractivity (Wildman–Crippen MR) is 127 cm³/mol. The van der Waals surface area contributed by atoms with Crippen molar-refractivity contribution < 1.29 is 28.9 Å². The summed E-state index contributed by atoms with van der Waals surface area (Å²) in [5, 5.41) is 12.5. The number of aliphatic hydroxyl groups excluding tert-OH is 1. The lowest BCUT2D eigenvalue weighted by atomic mass is 9.95. The zero-order chi connectivity index (χ0) is 23.8. The third kappa shape index (κ3) is 5.57. The van der Waals surface area contributed by atoms with Crippen molar-refractivity contribution in [3.63, 3.8) is 0 Å². The van der Waals surface area contributed by atoms with Crippen molar-refractivity contribution in [3.8, 4) is 11.5 Å². The van der Waals surface area contributed by atoms with Crippen LogP contribution in [0.15, 0.2) is 47.0 Å². The Morgan fingerprint density at radius 3 is 2.61 bits per heavy atom. The van der Waals surface area contributed by atoms with E-state index < -0.39 is 17.7 Å². The van der Waals surface area contributed by atoms with E-state index in [1.54, 1.807) is 36.8 Å². The molecule has 178 valence electrons. The molecule has 0 saturated heterocycles. The maximum Gasteiger partial charge on any atom is 0.290 e. The molecule has 2 heterocycles. The maximum absolute atomic E-state index is 13.3. The fourth-order valence-corrected chi connectivity index (χ4v) is 4.47. The largest absolute Gasteiger partial charge is 0.503 e. The van der Waals surface area contributed by atoms with E-state index >= 15 is 0 Å². The highest BCUT2D eigenvalue weighted by atomic mass is 32.1. The van der Waals surface area contributed by atoms with E-state index in [1.165, 1.54) is 16.2 Å². The van der Waals surface area contributed by atoms with Gasteiger partial charge in [0.05, 0.1) is 29.7 Å². The first-order valence-electron chi connectivity index (χ1n) is 11.2. The predicted octanol–water partition coefficient (Wildman–Crippen LogP) is 4.94. The minimum atomic E-state index is -0.729. The van der Waals surface area contributed by atoms with Crippen molar-refractivity contribution in [2.45, 2.75) is 39.2 Å². The molecule has 0 aliphatic carbocycles. The number of thiophene rings is 1. The van der Waals surface area contributed by atoms with Crippen molar-refractivity contribution in [1.82, 2.24) is 4.90 Å². The summed E-state index contributed by atoms with van der Waals surface area (Å²) in [7, 11) is 1.59. The number of hydrogen-bond donors (Lipinski definition) is 1. The average molecular weight is 474 g/mol. The molecule has 3 rings (SSSR count). The fourth-order valence-electron chi connectivity index (χ4n) is 3.79. The van der Waals surface area contributed by atoms with Crippen LogP contribution in [0.2, 0.25) is 0 Å². The second kappa shape index (κ2) is 11.9. The third-order valence-electron chi connectivity index (χ3n) is 5.38. The van der Waals surface area contributed by atoms with E-state index in [2.05, 4.69) is 6.92 Å². The number of unbranched alkanes of at least 4 members (excludes halogenated alkanes) is 1. The molecular weight excluding hydrogens is 442 g/mol. The van der Waals surface area contributed by atoms with Crippen LogP contribution in [0, 0.1) is 0 Å². The molecule has 0 saturated carbocycles. The summed E-state index contributed by atoms with van der Waals surface area (Å²) in [6.07, 6.45) is 2.51. The minimum Gasteiger partial charge on any atom is -0.503 e. The zero-order valence-corrected chi connectivity index (χ0v) is 20.2. The van der Waals surface area contributed by atoms with E-state index in [-0.39, 0.29) is 11.4 Å². The topological polar surface area (TPSA) is 85.3 Å². The Kier molecular flexibility index (Phi) is 8.91. The quantitative estimate of drug-likeness (QED) is 0.328. The molecule has 1 atom stereocenters. The van der Waals surface area contributed by atoms with E-state index in [4.69, 9.17) is 14.2 Å². The normalized spacial score (nSPS) is 15.9. The second-order valence-electron chi connectivity index (χ2n) is 7.66. The monoisotopic (exact) mass is 473 g/mol. The van der Waals surface area contributed by atoms with Crippen LogP contribution in [0.5, 0.6) is 11.5 Å². The van der Waals surface area contributed by atoms with Gasteiger partial charge in [-0.3, -0.25) is 9.59 Å². The molecule has 0 fully saturated rings. The second-order valence-corrected chi connectivity index (χ2v) is 8.61. The van der Waals surface area contributed by atoms with Gasteiger partial charge < -0.3 is 24.2 Å². The Balaban J connectivity index is 2.02. The van der Waals surface area contributed by atoms with Gasteiger partial charge in [0.15, 0.2) is 17.3 Å². The van der Waals surface area contributed by atoms with Crippen LogP contribution in [0.4, 0.5) is 0 Å². The first-order chi connectivity index (χ1) is 16.0. The number of ether oxygens (including phenoxy) is 3. The number of aliphatic hydroxyl groups is 1. The molecule has 33 heavy (non-hydrogen) atoms. The Hall–Kier alpha value is -2.84. The van der Waals surface area contributed by atoms with Crippen molar-refractivity contribution in [3.05, 3.63) is 57.5 Å². The van der Waals surface area contributed by atoms with E-state index in [9.17, 15) is 14.7 Å². The van der Waals surface area contributed by atoms with Gasteiger partial charge in [-0.2, -0.15) is 0 Å². The van der Waals surface area contributed by atoms with Gasteiger partial charge in [-0.15, -0.1) is 11.3 Å². The average Bonchev–Trinajstić information content (AvgIpc) is 3.43. The molecule has 7 nitrogen and oxygen atoms in total. The summed E-state index contributed by atoms with van der Waals surface area (Å²) in [5.41, 5.74) is 0.762. The number of methoxy groups -OCH3 is 1. The Bertz CT molecular complexity index is 985. The molecule has 0 radical (unpaired) electrons. The maximum atomic E-state index is 13.3. The molecule has 1 aromatic heterocycles. The van der Waals surface area contributed by atoms with Gasteiger partial charge in [0.2, 0.25) is 5.78 Å². The van der Waals surface area contributed by atoms with Crippen molar-refractivity contribution in [2.24, 2.45) is 0 Å². The summed E-state index contributed by atoms with van der Waals surface area (Å²) in [4.78, 5) is 28.3.